The molecule has 0 saturated carbocycles. The second-order valence-electron chi connectivity index (χ2n) is 5.95. The Morgan fingerprint density at radius 3 is 2.69 bits per heavy atom. The van der Waals surface area contributed by atoms with Crippen LogP contribution in [0.15, 0.2) is 24.3 Å². The van der Waals surface area contributed by atoms with Crippen molar-refractivity contribution in [3.05, 3.63) is 51.8 Å². The number of carbonyl (C=O) groups is 2. The normalized spacial score (nSPS) is 11.0. The Hall–Kier alpha value is -2.67. The van der Waals surface area contributed by atoms with Gasteiger partial charge in [0, 0.05) is 17.3 Å². The van der Waals surface area contributed by atoms with Gasteiger partial charge in [-0.25, -0.2) is 9.18 Å². The van der Waals surface area contributed by atoms with Crippen molar-refractivity contribution < 1.29 is 18.7 Å². The number of anilines is 1. The smallest absolute Gasteiger partial charge is 0.341 e. The first-order valence-electron chi connectivity index (χ1n) is 8.17. The standard InChI is InChI=1S/C19H19FN2O3S/c1-5-25-19(24)16-10(2)11(3)26-18(16)21-17(23)15-8-12-6-7-13(20)9-14(12)22(15)4/h6-9H,5H2,1-4H3,(H,21,23). The molecule has 7 heteroatoms. The van der Waals surface area contributed by atoms with E-state index in [1.165, 1.54) is 23.5 Å². The van der Waals surface area contributed by atoms with Crippen LogP contribution < -0.4 is 5.32 Å². The average molecular weight is 374 g/mol. The molecule has 0 saturated heterocycles. The number of aromatic nitrogens is 1. The number of nitrogens with one attached hydrogen (secondary N) is 1. The molecule has 0 spiro atoms. The highest BCUT2D eigenvalue weighted by Crippen LogP contribution is 2.33. The molecular weight excluding hydrogens is 355 g/mol. The van der Waals surface area contributed by atoms with Crippen molar-refractivity contribution in [1.29, 1.82) is 0 Å². The summed E-state index contributed by atoms with van der Waals surface area (Å²) in [5.41, 5.74) is 2.18. The maximum absolute atomic E-state index is 13.5. The summed E-state index contributed by atoms with van der Waals surface area (Å²) in [6.07, 6.45) is 0. The van der Waals surface area contributed by atoms with E-state index < -0.39 is 5.97 Å². The summed E-state index contributed by atoms with van der Waals surface area (Å²) < 4.78 is 20.2. The summed E-state index contributed by atoms with van der Waals surface area (Å²) in [7, 11) is 1.70. The lowest BCUT2D eigenvalue weighted by Gasteiger charge is -2.08. The number of amides is 1. The highest BCUT2D eigenvalue weighted by atomic mass is 32.1. The van der Waals surface area contributed by atoms with Gasteiger partial charge < -0.3 is 14.6 Å². The minimum atomic E-state index is -0.455. The molecule has 3 aromatic rings. The van der Waals surface area contributed by atoms with E-state index in [-0.39, 0.29) is 18.3 Å². The lowest BCUT2D eigenvalue weighted by molar-refractivity contribution is 0.0527. The quantitative estimate of drug-likeness (QED) is 0.688. The molecule has 0 unspecified atom stereocenters. The van der Waals surface area contributed by atoms with Gasteiger partial charge in [-0.2, -0.15) is 0 Å². The van der Waals surface area contributed by atoms with Gasteiger partial charge in [0.05, 0.1) is 17.7 Å². The second-order valence-corrected chi connectivity index (χ2v) is 7.18. The van der Waals surface area contributed by atoms with Crippen molar-refractivity contribution in [2.75, 3.05) is 11.9 Å². The number of thiophene rings is 1. The zero-order valence-electron chi connectivity index (χ0n) is 15.0. The average Bonchev–Trinajstić information content (AvgIpc) is 3.05. The van der Waals surface area contributed by atoms with Gasteiger partial charge in [0.1, 0.15) is 16.5 Å². The molecule has 136 valence electrons. The molecule has 0 bridgehead atoms. The van der Waals surface area contributed by atoms with Gasteiger partial charge in [-0.3, -0.25) is 4.79 Å². The third-order valence-electron chi connectivity index (χ3n) is 4.33. The van der Waals surface area contributed by atoms with Gasteiger partial charge in [-0.15, -0.1) is 11.3 Å². The summed E-state index contributed by atoms with van der Waals surface area (Å²) >= 11 is 1.33. The minimum Gasteiger partial charge on any atom is -0.462 e. The highest BCUT2D eigenvalue weighted by molar-refractivity contribution is 7.16. The molecule has 0 radical (unpaired) electrons. The van der Waals surface area contributed by atoms with Crippen LogP contribution in [0.5, 0.6) is 0 Å². The van der Waals surface area contributed by atoms with E-state index >= 15 is 0 Å². The molecule has 1 amide bonds. The zero-order valence-corrected chi connectivity index (χ0v) is 15.8. The number of rotatable bonds is 4. The molecule has 0 fully saturated rings. The van der Waals surface area contributed by atoms with Crippen LogP contribution in [0.4, 0.5) is 9.39 Å². The topological polar surface area (TPSA) is 60.3 Å². The van der Waals surface area contributed by atoms with E-state index in [1.807, 2.05) is 13.8 Å². The molecule has 1 aromatic carbocycles. The van der Waals surface area contributed by atoms with E-state index in [0.717, 1.165) is 15.8 Å². The summed E-state index contributed by atoms with van der Waals surface area (Å²) in [5, 5.41) is 4.03. The highest BCUT2D eigenvalue weighted by Gasteiger charge is 2.23. The lowest BCUT2D eigenvalue weighted by atomic mass is 10.1. The number of hydrogen-bond acceptors (Lipinski definition) is 4. The number of benzene rings is 1. The van der Waals surface area contributed by atoms with Crippen molar-refractivity contribution >= 4 is 39.1 Å². The summed E-state index contributed by atoms with van der Waals surface area (Å²) in [6.45, 7) is 5.71. The number of aryl methyl sites for hydroxylation is 2. The first kappa shape index (κ1) is 18.1. The van der Waals surface area contributed by atoms with Crippen molar-refractivity contribution in [2.45, 2.75) is 20.8 Å². The molecule has 0 atom stereocenters. The van der Waals surface area contributed by atoms with Crippen LogP contribution in [0.1, 0.15) is 38.2 Å². The first-order chi connectivity index (χ1) is 12.3. The van der Waals surface area contributed by atoms with E-state index in [0.29, 0.717) is 21.8 Å². The number of halogens is 1. The molecule has 5 nitrogen and oxygen atoms in total. The van der Waals surface area contributed by atoms with Gasteiger partial charge in [-0.05, 0) is 50.6 Å². The number of fused-ring (bicyclic) bond motifs is 1. The Morgan fingerprint density at radius 1 is 1.27 bits per heavy atom. The van der Waals surface area contributed by atoms with Crippen LogP contribution in [0.3, 0.4) is 0 Å². The Labute approximate surface area is 154 Å². The third-order valence-corrected chi connectivity index (χ3v) is 5.45. The van der Waals surface area contributed by atoms with Gasteiger partial charge in [-0.1, -0.05) is 0 Å². The molecule has 0 aliphatic carbocycles. The van der Waals surface area contributed by atoms with E-state index in [1.54, 1.807) is 30.7 Å². The van der Waals surface area contributed by atoms with Crippen molar-refractivity contribution in [1.82, 2.24) is 4.57 Å². The van der Waals surface area contributed by atoms with Crippen LogP contribution in [-0.2, 0) is 11.8 Å². The number of nitrogens with zero attached hydrogens (tertiary/aromatic N) is 1. The molecule has 0 aliphatic heterocycles. The van der Waals surface area contributed by atoms with Crippen molar-refractivity contribution in [3.8, 4) is 0 Å². The molecular formula is C19H19FN2O3S. The summed E-state index contributed by atoms with van der Waals surface area (Å²) in [5.74, 6) is -1.18. The van der Waals surface area contributed by atoms with Crippen molar-refractivity contribution in [2.24, 2.45) is 7.05 Å². The molecule has 2 aromatic heterocycles. The van der Waals surface area contributed by atoms with Gasteiger partial charge in [0.15, 0.2) is 0 Å². The van der Waals surface area contributed by atoms with E-state index in [2.05, 4.69) is 5.32 Å². The van der Waals surface area contributed by atoms with Gasteiger partial charge in [0.2, 0.25) is 0 Å². The molecule has 3 rings (SSSR count). The van der Waals surface area contributed by atoms with Crippen molar-refractivity contribution in [3.63, 3.8) is 0 Å². The molecule has 26 heavy (non-hydrogen) atoms. The number of carbonyl (C=O) groups excluding carboxylic acids is 2. The fraction of sp³-hybridized carbons (Fsp3) is 0.263. The summed E-state index contributed by atoms with van der Waals surface area (Å²) in [4.78, 5) is 26.0. The fourth-order valence-electron chi connectivity index (χ4n) is 2.85. The predicted octanol–water partition coefficient (Wildman–Crippen LogP) is 4.42. The van der Waals surface area contributed by atoms with Crippen LogP contribution in [0, 0.1) is 19.7 Å². The zero-order chi connectivity index (χ0) is 19.0. The number of esters is 1. The Kier molecular flexibility index (Phi) is 4.82. The van der Waals surface area contributed by atoms with Crippen LogP contribution >= 0.6 is 11.3 Å². The Morgan fingerprint density at radius 2 is 2.00 bits per heavy atom. The van der Waals surface area contributed by atoms with Gasteiger partial charge in [0.25, 0.3) is 5.91 Å². The Balaban J connectivity index is 1.97. The number of ether oxygens (including phenoxy) is 1. The SMILES string of the molecule is CCOC(=O)c1c(NC(=O)c2cc3ccc(F)cc3n2C)sc(C)c1C. The van der Waals surface area contributed by atoms with E-state index in [9.17, 15) is 14.0 Å². The van der Waals surface area contributed by atoms with Gasteiger partial charge >= 0.3 is 5.97 Å². The largest absolute Gasteiger partial charge is 0.462 e. The maximum atomic E-state index is 13.5. The van der Waals surface area contributed by atoms with E-state index in [4.69, 9.17) is 4.74 Å². The van der Waals surface area contributed by atoms with Crippen LogP contribution in [-0.4, -0.2) is 23.1 Å². The third kappa shape index (κ3) is 3.10. The minimum absolute atomic E-state index is 0.259. The predicted molar refractivity (Wildman–Crippen MR) is 101 cm³/mol. The maximum Gasteiger partial charge on any atom is 0.341 e. The van der Waals surface area contributed by atoms with Crippen LogP contribution in [0.2, 0.25) is 0 Å². The van der Waals surface area contributed by atoms with Crippen LogP contribution in [0.25, 0.3) is 10.9 Å². The molecule has 1 N–H and O–H groups in total. The monoisotopic (exact) mass is 374 g/mol. The molecule has 0 aliphatic rings. The number of hydrogen-bond donors (Lipinski definition) is 1. The first-order valence-corrected chi connectivity index (χ1v) is 8.98. The second kappa shape index (κ2) is 6.92. The Bertz CT molecular complexity index is 1020. The lowest BCUT2D eigenvalue weighted by Crippen LogP contribution is -2.17. The fourth-order valence-corrected chi connectivity index (χ4v) is 3.90. The summed E-state index contributed by atoms with van der Waals surface area (Å²) in [6, 6.07) is 6.07. The molecule has 2 heterocycles.